The molecule has 0 aromatic rings. The maximum atomic E-state index is 11.7. The van der Waals surface area contributed by atoms with Gasteiger partial charge in [0.05, 0.1) is 6.61 Å². The molecule has 2 unspecified atom stereocenters. The summed E-state index contributed by atoms with van der Waals surface area (Å²) >= 11 is 0. The van der Waals surface area contributed by atoms with Crippen LogP contribution in [-0.2, 0) is 9.53 Å². The molecule has 5 heteroatoms. The summed E-state index contributed by atoms with van der Waals surface area (Å²) in [4.78, 5) is 11.7. The summed E-state index contributed by atoms with van der Waals surface area (Å²) in [5, 5.41) is 6.26. The Morgan fingerprint density at radius 1 is 1.71 bits per heavy atom. The van der Waals surface area contributed by atoms with Crippen molar-refractivity contribution in [2.75, 3.05) is 19.7 Å². The number of piperidine rings is 1. The predicted octanol–water partition coefficient (Wildman–Crippen LogP) is 1.26. The topological polar surface area (TPSA) is 50.4 Å². The fraction of sp³-hybridized carbons (Fsp3) is 0.750. The van der Waals surface area contributed by atoms with Gasteiger partial charge in [-0.3, -0.25) is 4.79 Å². The van der Waals surface area contributed by atoms with Gasteiger partial charge in [-0.05, 0) is 32.7 Å². The molecule has 0 bridgehead atoms. The lowest BCUT2D eigenvalue weighted by atomic mass is 10.1. The Hall–Kier alpha value is -0.580. The van der Waals surface area contributed by atoms with Crippen LogP contribution in [0.5, 0.6) is 0 Å². The average Bonchev–Trinajstić information content (AvgIpc) is 2.30. The van der Waals surface area contributed by atoms with E-state index in [1.807, 2.05) is 0 Å². The molecule has 1 aliphatic heterocycles. The molecular formula is C12H23ClN2O2. The molecule has 0 radical (unpaired) electrons. The van der Waals surface area contributed by atoms with Crippen molar-refractivity contribution < 1.29 is 9.53 Å². The maximum absolute atomic E-state index is 11.7. The van der Waals surface area contributed by atoms with Gasteiger partial charge >= 0.3 is 0 Å². The average molecular weight is 263 g/mol. The normalized spacial score (nSPS) is 21.1. The Labute approximate surface area is 110 Å². The molecule has 1 fully saturated rings. The highest BCUT2D eigenvalue weighted by Gasteiger charge is 2.19. The second-order valence-corrected chi connectivity index (χ2v) is 4.14. The van der Waals surface area contributed by atoms with Gasteiger partial charge in [0, 0.05) is 12.6 Å². The minimum atomic E-state index is -0.373. The van der Waals surface area contributed by atoms with Gasteiger partial charge in [0.1, 0.15) is 6.10 Å². The van der Waals surface area contributed by atoms with Gasteiger partial charge < -0.3 is 15.4 Å². The second-order valence-electron chi connectivity index (χ2n) is 4.14. The Balaban J connectivity index is 0.00000256. The van der Waals surface area contributed by atoms with Crippen LogP contribution in [0.25, 0.3) is 0 Å². The number of carbonyl (C=O) groups excluding carboxylic acids is 1. The minimum absolute atomic E-state index is 0. The van der Waals surface area contributed by atoms with Crippen molar-refractivity contribution in [3.05, 3.63) is 12.7 Å². The van der Waals surface area contributed by atoms with E-state index >= 15 is 0 Å². The van der Waals surface area contributed by atoms with Crippen LogP contribution in [0.2, 0.25) is 0 Å². The van der Waals surface area contributed by atoms with Crippen molar-refractivity contribution in [1.82, 2.24) is 10.6 Å². The lowest BCUT2D eigenvalue weighted by Crippen LogP contribution is -2.48. The zero-order valence-corrected chi connectivity index (χ0v) is 11.2. The first kappa shape index (κ1) is 16.4. The van der Waals surface area contributed by atoms with Crippen molar-refractivity contribution in [2.45, 2.75) is 38.3 Å². The number of carbonyl (C=O) groups is 1. The van der Waals surface area contributed by atoms with Crippen LogP contribution in [0.3, 0.4) is 0 Å². The highest BCUT2D eigenvalue weighted by atomic mass is 35.5. The van der Waals surface area contributed by atoms with E-state index in [0.717, 1.165) is 32.4 Å². The number of nitrogens with one attached hydrogen (secondary N) is 2. The number of amides is 1. The molecule has 0 aromatic carbocycles. The van der Waals surface area contributed by atoms with E-state index < -0.39 is 0 Å². The molecule has 0 spiro atoms. The Kier molecular flexibility index (Phi) is 9.13. The number of hydrogen-bond donors (Lipinski definition) is 2. The van der Waals surface area contributed by atoms with Crippen molar-refractivity contribution in [1.29, 1.82) is 0 Å². The van der Waals surface area contributed by atoms with Gasteiger partial charge in [-0.1, -0.05) is 6.08 Å². The van der Waals surface area contributed by atoms with E-state index in [2.05, 4.69) is 17.2 Å². The van der Waals surface area contributed by atoms with Gasteiger partial charge in [-0.15, -0.1) is 19.0 Å². The molecule has 0 aromatic heterocycles. The van der Waals surface area contributed by atoms with Gasteiger partial charge in [0.25, 0.3) is 0 Å². The zero-order valence-electron chi connectivity index (χ0n) is 10.4. The van der Waals surface area contributed by atoms with Gasteiger partial charge in [0.15, 0.2) is 0 Å². The summed E-state index contributed by atoms with van der Waals surface area (Å²) in [6.07, 6.45) is 4.37. The van der Waals surface area contributed by atoms with Crippen LogP contribution in [0.1, 0.15) is 26.2 Å². The second kappa shape index (κ2) is 9.45. The van der Waals surface area contributed by atoms with E-state index in [-0.39, 0.29) is 30.5 Å². The largest absolute Gasteiger partial charge is 0.368 e. The molecule has 17 heavy (non-hydrogen) atoms. The molecule has 1 heterocycles. The van der Waals surface area contributed by atoms with E-state index in [9.17, 15) is 4.79 Å². The van der Waals surface area contributed by atoms with Gasteiger partial charge in [0.2, 0.25) is 5.91 Å². The smallest absolute Gasteiger partial charge is 0.249 e. The fourth-order valence-electron chi connectivity index (χ4n) is 1.70. The lowest BCUT2D eigenvalue weighted by molar-refractivity contribution is -0.132. The first-order valence-corrected chi connectivity index (χ1v) is 5.97. The minimum Gasteiger partial charge on any atom is -0.368 e. The number of ether oxygens (including phenoxy) is 1. The summed E-state index contributed by atoms with van der Waals surface area (Å²) in [6, 6.07) is 0.256. The summed E-state index contributed by atoms with van der Waals surface area (Å²) in [5.74, 6) is -0.0160. The van der Waals surface area contributed by atoms with E-state index in [4.69, 9.17) is 4.74 Å². The van der Waals surface area contributed by atoms with Crippen molar-refractivity contribution in [2.24, 2.45) is 0 Å². The number of halogens is 1. The standard InChI is InChI=1S/C12H22N2O2.ClH/c1-3-4-8-16-10(2)12(15)14-11-6-5-7-13-9-11;/h3,10-11,13H,1,4-9H2,2H3,(H,14,15);1H. The summed E-state index contributed by atoms with van der Waals surface area (Å²) in [6.45, 7) is 7.87. The molecule has 0 saturated carbocycles. The molecule has 4 nitrogen and oxygen atoms in total. The van der Waals surface area contributed by atoms with Crippen molar-refractivity contribution >= 4 is 18.3 Å². The van der Waals surface area contributed by atoms with E-state index in [0.29, 0.717) is 6.61 Å². The van der Waals surface area contributed by atoms with E-state index in [1.54, 1.807) is 13.0 Å². The molecule has 1 aliphatic rings. The lowest BCUT2D eigenvalue weighted by Gasteiger charge is -2.25. The van der Waals surface area contributed by atoms with Crippen LogP contribution in [0.15, 0.2) is 12.7 Å². The highest BCUT2D eigenvalue weighted by molar-refractivity contribution is 5.85. The summed E-state index contributed by atoms with van der Waals surface area (Å²) < 4.78 is 5.38. The molecule has 2 atom stereocenters. The molecule has 1 saturated heterocycles. The van der Waals surface area contributed by atoms with Crippen LogP contribution in [-0.4, -0.2) is 37.7 Å². The molecule has 0 aliphatic carbocycles. The predicted molar refractivity (Wildman–Crippen MR) is 71.5 cm³/mol. The number of rotatable bonds is 6. The fourth-order valence-corrected chi connectivity index (χ4v) is 1.70. The Bertz CT molecular complexity index is 231. The quantitative estimate of drug-likeness (QED) is 0.560. The first-order chi connectivity index (χ1) is 7.74. The Morgan fingerprint density at radius 2 is 2.47 bits per heavy atom. The third-order valence-corrected chi connectivity index (χ3v) is 2.70. The third-order valence-electron chi connectivity index (χ3n) is 2.70. The monoisotopic (exact) mass is 262 g/mol. The zero-order chi connectivity index (χ0) is 11.8. The van der Waals surface area contributed by atoms with Crippen molar-refractivity contribution in [3.63, 3.8) is 0 Å². The van der Waals surface area contributed by atoms with Crippen LogP contribution in [0, 0.1) is 0 Å². The molecule has 1 amide bonds. The SMILES string of the molecule is C=CCCOC(C)C(=O)NC1CCCNC1.Cl. The van der Waals surface area contributed by atoms with Crippen LogP contribution >= 0.6 is 12.4 Å². The molecule has 100 valence electrons. The third kappa shape index (κ3) is 6.66. The summed E-state index contributed by atoms with van der Waals surface area (Å²) in [7, 11) is 0. The molecular weight excluding hydrogens is 240 g/mol. The molecule has 1 rings (SSSR count). The van der Waals surface area contributed by atoms with Gasteiger partial charge in [-0.25, -0.2) is 0 Å². The van der Waals surface area contributed by atoms with Gasteiger partial charge in [-0.2, -0.15) is 0 Å². The van der Waals surface area contributed by atoms with Crippen molar-refractivity contribution in [3.8, 4) is 0 Å². The first-order valence-electron chi connectivity index (χ1n) is 5.97. The number of hydrogen-bond acceptors (Lipinski definition) is 3. The Morgan fingerprint density at radius 3 is 3.06 bits per heavy atom. The van der Waals surface area contributed by atoms with E-state index in [1.165, 1.54) is 0 Å². The maximum Gasteiger partial charge on any atom is 0.249 e. The summed E-state index contributed by atoms with van der Waals surface area (Å²) in [5.41, 5.74) is 0. The van der Waals surface area contributed by atoms with Crippen LogP contribution < -0.4 is 10.6 Å². The molecule has 2 N–H and O–H groups in total. The van der Waals surface area contributed by atoms with Crippen LogP contribution in [0.4, 0.5) is 0 Å². The highest BCUT2D eigenvalue weighted by Crippen LogP contribution is 2.02.